The number of carboxylic acid groups (broad SMARTS) is 1. The molecule has 1 atom stereocenters. The first kappa shape index (κ1) is 18.3. The number of hydrogen-bond donors (Lipinski definition) is 1. The van der Waals surface area contributed by atoms with Crippen LogP contribution in [0, 0.1) is 16.0 Å². The van der Waals surface area contributed by atoms with Crippen molar-refractivity contribution in [1.29, 1.82) is 0 Å². The lowest BCUT2D eigenvalue weighted by Gasteiger charge is -2.33. The number of rotatable bonds is 4. The van der Waals surface area contributed by atoms with Crippen LogP contribution in [-0.2, 0) is 6.54 Å². The highest BCUT2D eigenvalue weighted by atomic mass is 16.6. The summed E-state index contributed by atoms with van der Waals surface area (Å²) < 4.78 is 0. The highest BCUT2D eigenvalue weighted by molar-refractivity contribution is 5.65. The third-order valence-electron chi connectivity index (χ3n) is 5.99. The molecule has 1 amide bonds. The van der Waals surface area contributed by atoms with Crippen LogP contribution >= 0.6 is 0 Å². The fourth-order valence-electron chi connectivity index (χ4n) is 4.51. The monoisotopic (exact) mass is 381 g/mol. The van der Waals surface area contributed by atoms with Gasteiger partial charge in [-0.1, -0.05) is 30.3 Å². The Morgan fingerprint density at radius 3 is 2.43 bits per heavy atom. The second-order valence-corrected chi connectivity index (χ2v) is 7.58. The van der Waals surface area contributed by atoms with Crippen molar-refractivity contribution >= 4 is 17.5 Å². The molecule has 1 fully saturated rings. The minimum absolute atomic E-state index is 0.105. The van der Waals surface area contributed by atoms with Crippen LogP contribution in [0.1, 0.15) is 29.9 Å². The summed E-state index contributed by atoms with van der Waals surface area (Å²) in [5.41, 5.74) is 3.69. The summed E-state index contributed by atoms with van der Waals surface area (Å²) in [5, 5.41) is 20.0. The van der Waals surface area contributed by atoms with E-state index in [0.717, 1.165) is 24.9 Å². The number of nitro groups is 1. The van der Waals surface area contributed by atoms with Gasteiger partial charge in [0, 0.05) is 49.9 Å². The van der Waals surface area contributed by atoms with Crippen LogP contribution in [0.2, 0.25) is 0 Å². The van der Waals surface area contributed by atoms with Gasteiger partial charge in [0.2, 0.25) is 0 Å². The fourth-order valence-corrected chi connectivity index (χ4v) is 4.51. The van der Waals surface area contributed by atoms with Gasteiger partial charge >= 0.3 is 6.09 Å². The maximum Gasteiger partial charge on any atom is 0.407 e. The van der Waals surface area contributed by atoms with Crippen molar-refractivity contribution in [2.45, 2.75) is 25.3 Å². The topological polar surface area (TPSA) is 86.9 Å². The fraction of sp³-hybridized carbons (Fsp3) is 0.381. The highest BCUT2D eigenvalue weighted by Gasteiger charge is 2.36. The Morgan fingerprint density at radius 2 is 1.79 bits per heavy atom. The van der Waals surface area contributed by atoms with Crippen LogP contribution in [0.25, 0.3) is 0 Å². The van der Waals surface area contributed by atoms with E-state index in [1.165, 1.54) is 16.2 Å². The first-order valence-corrected chi connectivity index (χ1v) is 9.58. The first-order chi connectivity index (χ1) is 13.5. The minimum Gasteiger partial charge on any atom is -0.465 e. The molecule has 2 aromatic carbocycles. The molecule has 0 radical (unpaired) electrons. The van der Waals surface area contributed by atoms with Crippen LogP contribution in [0.4, 0.5) is 16.2 Å². The van der Waals surface area contributed by atoms with Gasteiger partial charge in [-0.2, -0.15) is 0 Å². The molecule has 28 heavy (non-hydrogen) atoms. The van der Waals surface area contributed by atoms with E-state index in [2.05, 4.69) is 23.1 Å². The first-order valence-electron chi connectivity index (χ1n) is 9.58. The number of nitro benzene ring substituents is 1. The average molecular weight is 381 g/mol. The Morgan fingerprint density at radius 1 is 1.11 bits per heavy atom. The molecule has 2 aliphatic rings. The molecule has 4 rings (SSSR count). The van der Waals surface area contributed by atoms with E-state index in [-0.39, 0.29) is 10.6 Å². The normalized spacial score (nSPS) is 19.5. The zero-order chi connectivity index (χ0) is 19.7. The lowest BCUT2D eigenvalue weighted by Crippen LogP contribution is -2.39. The quantitative estimate of drug-likeness (QED) is 0.637. The Hall–Kier alpha value is -3.09. The van der Waals surface area contributed by atoms with Crippen molar-refractivity contribution in [3.05, 3.63) is 69.8 Å². The maximum atomic E-state index is 11.2. The van der Waals surface area contributed by atoms with E-state index in [1.54, 1.807) is 12.1 Å². The number of benzene rings is 2. The van der Waals surface area contributed by atoms with E-state index < -0.39 is 6.09 Å². The summed E-state index contributed by atoms with van der Waals surface area (Å²) in [7, 11) is 0. The second kappa shape index (κ2) is 7.50. The third kappa shape index (κ3) is 3.52. The largest absolute Gasteiger partial charge is 0.465 e. The van der Waals surface area contributed by atoms with Crippen molar-refractivity contribution in [1.82, 2.24) is 4.90 Å². The molecule has 0 aromatic heterocycles. The smallest absolute Gasteiger partial charge is 0.407 e. The van der Waals surface area contributed by atoms with E-state index in [4.69, 9.17) is 0 Å². The summed E-state index contributed by atoms with van der Waals surface area (Å²) in [6.45, 7) is 2.80. The molecule has 0 bridgehead atoms. The number of nitrogens with zero attached hydrogens (tertiary/aromatic N) is 3. The van der Waals surface area contributed by atoms with Gasteiger partial charge in [0.25, 0.3) is 5.69 Å². The van der Waals surface area contributed by atoms with Crippen LogP contribution in [-0.4, -0.2) is 40.7 Å². The van der Waals surface area contributed by atoms with Crippen molar-refractivity contribution < 1.29 is 14.8 Å². The van der Waals surface area contributed by atoms with Crippen LogP contribution in [0.5, 0.6) is 0 Å². The van der Waals surface area contributed by atoms with Crippen LogP contribution in [0.3, 0.4) is 0 Å². The Bertz CT molecular complexity index is 875. The summed E-state index contributed by atoms with van der Waals surface area (Å²) in [6, 6.07) is 15.2. The van der Waals surface area contributed by atoms with Gasteiger partial charge in [0.1, 0.15) is 0 Å². The molecule has 7 heteroatoms. The number of fused-ring (bicyclic) bond motifs is 1. The molecular formula is C21H23N3O4. The molecule has 1 unspecified atom stereocenters. The van der Waals surface area contributed by atoms with Crippen molar-refractivity contribution in [3.8, 4) is 0 Å². The Balaban J connectivity index is 1.50. The number of anilines is 1. The summed E-state index contributed by atoms with van der Waals surface area (Å²) in [4.78, 5) is 25.5. The number of hydrogen-bond acceptors (Lipinski definition) is 4. The van der Waals surface area contributed by atoms with Crippen molar-refractivity contribution in [2.24, 2.45) is 5.92 Å². The minimum atomic E-state index is -0.829. The molecule has 0 spiro atoms. The molecule has 2 aromatic rings. The number of non-ortho nitro benzene ring substituents is 1. The Labute approximate surface area is 163 Å². The molecule has 2 aliphatic heterocycles. The zero-order valence-corrected chi connectivity index (χ0v) is 15.5. The molecule has 146 valence electrons. The van der Waals surface area contributed by atoms with Crippen molar-refractivity contribution in [3.63, 3.8) is 0 Å². The van der Waals surface area contributed by atoms with E-state index in [0.29, 0.717) is 31.5 Å². The van der Waals surface area contributed by atoms with Gasteiger partial charge in [-0.05, 0) is 36.0 Å². The second-order valence-electron chi connectivity index (χ2n) is 7.58. The zero-order valence-electron chi connectivity index (χ0n) is 15.5. The number of para-hydroxylation sites is 1. The molecule has 2 heterocycles. The highest BCUT2D eigenvalue weighted by Crippen LogP contribution is 2.44. The van der Waals surface area contributed by atoms with Gasteiger partial charge < -0.3 is 14.9 Å². The average Bonchev–Trinajstić information content (AvgIpc) is 3.07. The van der Waals surface area contributed by atoms with Gasteiger partial charge in [0.15, 0.2) is 0 Å². The standard InChI is InChI=1S/C21H23N3O4/c25-21(26)22-11-9-16(10-12-22)19-14-23(20-4-2-1-3-18(19)20)13-15-5-7-17(8-6-15)24(27)28/h1-8,16,19H,9-14H2,(H,25,26). The molecule has 0 saturated carbocycles. The SMILES string of the molecule is O=C(O)N1CCC(C2CN(Cc3ccc([N+](=O)[O-])cc3)c3ccccc32)CC1. The lowest BCUT2D eigenvalue weighted by molar-refractivity contribution is -0.384. The summed E-state index contributed by atoms with van der Waals surface area (Å²) in [5.74, 6) is 0.865. The van der Waals surface area contributed by atoms with Gasteiger partial charge in [-0.3, -0.25) is 10.1 Å². The maximum absolute atomic E-state index is 11.2. The lowest BCUT2D eigenvalue weighted by atomic mass is 9.81. The third-order valence-corrected chi connectivity index (χ3v) is 5.99. The summed E-state index contributed by atoms with van der Waals surface area (Å²) in [6.07, 6.45) is 0.943. The van der Waals surface area contributed by atoms with Gasteiger partial charge in [-0.25, -0.2) is 4.79 Å². The van der Waals surface area contributed by atoms with Gasteiger partial charge in [-0.15, -0.1) is 0 Å². The number of likely N-dealkylation sites (tertiary alicyclic amines) is 1. The van der Waals surface area contributed by atoms with Crippen LogP contribution in [0.15, 0.2) is 48.5 Å². The predicted molar refractivity (Wildman–Crippen MR) is 106 cm³/mol. The van der Waals surface area contributed by atoms with Crippen LogP contribution < -0.4 is 4.90 Å². The molecule has 0 aliphatic carbocycles. The predicted octanol–water partition coefficient (Wildman–Crippen LogP) is 4.09. The number of piperidine rings is 1. The molecular weight excluding hydrogens is 358 g/mol. The van der Waals surface area contributed by atoms with E-state index in [9.17, 15) is 20.0 Å². The molecule has 1 saturated heterocycles. The van der Waals surface area contributed by atoms with Crippen molar-refractivity contribution in [2.75, 3.05) is 24.5 Å². The molecule has 7 nitrogen and oxygen atoms in total. The van der Waals surface area contributed by atoms with E-state index >= 15 is 0 Å². The number of carbonyl (C=O) groups is 1. The van der Waals surface area contributed by atoms with E-state index in [1.807, 2.05) is 18.2 Å². The molecule has 1 N–H and O–H groups in total. The number of amides is 1. The Kier molecular flexibility index (Phi) is 4.90. The van der Waals surface area contributed by atoms with Gasteiger partial charge in [0.05, 0.1) is 4.92 Å². The summed E-state index contributed by atoms with van der Waals surface area (Å²) >= 11 is 0.